The lowest BCUT2D eigenvalue weighted by Gasteiger charge is -2.17. The van der Waals surface area contributed by atoms with E-state index in [0.717, 1.165) is 4.57 Å². The summed E-state index contributed by atoms with van der Waals surface area (Å²) < 4.78 is 42.6. The largest absolute Gasteiger partial charge is 0.469 e. The number of ether oxygens (including phenoxy) is 5. The summed E-state index contributed by atoms with van der Waals surface area (Å²) in [6, 6.07) is 0. The molecule has 0 aliphatic carbocycles. The Morgan fingerprint density at radius 1 is 1.12 bits per heavy atom. The van der Waals surface area contributed by atoms with Gasteiger partial charge in [0.2, 0.25) is 0 Å². The summed E-state index contributed by atoms with van der Waals surface area (Å²) in [6.45, 7) is 1.62. The van der Waals surface area contributed by atoms with Crippen LogP contribution in [0.4, 0.5) is 0 Å². The summed E-state index contributed by atoms with van der Waals surface area (Å²) in [6.07, 6.45) is -1.92. The first-order valence-corrected chi connectivity index (χ1v) is 11.3. The second-order valence-corrected chi connectivity index (χ2v) is 8.05. The summed E-state index contributed by atoms with van der Waals surface area (Å²) in [5.41, 5.74) is -1.23. The normalized spacial score (nSPS) is 21.3. The third-order valence-corrected chi connectivity index (χ3v) is 4.88. The number of phosphoric acid groups is 1. The van der Waals surface area contributed by atoms with Crippen LogP contribution in [0.3, 0.4) is 0 Å². The van der Waals surface area contributed by atoms with Crippen molar-refractivity contribution in [1.29, 1.82) is 0 Å². The maximum Gasteiger partial charge on any atom is 0.469 e. The molecule has 0 unspecified atom stereocenters. The van der Waals surface area contributed by atoms with Crippen molar-refractivity contribution in [2.24, 2.45) is 0 Å². The molecular weight excluding hydrogens is 455 g/mol. The summed E-state index contributed by atoms with van der Waals surface area (Å²) in [5.74, 6) is 0. The Hall–Kier alpha value is -1.45. The lowest BCUT2D eigenvalue weighted by Crippen LogP contribution is -2.34. The van der Waals surface area contributed by atoms with Crippen molar-refractivity contribution in [3.05, 3.63) is 32.6 Å². The van der Waals surface area contributed by atoms with Crippen molar-refractivity contribution < 1.29 is 47.7 Å². The van der Waals surface area contributed by atoms with Crippen LogP contribution in [0.15, 0.2) is 15.8 Å². The monoisotopic (exact) mass is 484 g/mol. The number of hydrogen-bond acceptors (Lipinski definition) is 10. The minimum atomic E-state index is -4.74. The van der Waals surface area contributed by atoms with Gasteiger partial charge in [0.05, 0.1) is 64.5 Å². The lowest BCUT2D eigenvalue weighted by molar-refractivity contribution is -0.0453. The van der Waals surface area contributed by atoms with Crippen LogP contribution in [0.1, 0.15) is 18.2 Å². The van der Waals surface area contributed by atoms with Gasteiger partial charge in [-0.1, -0.05) is 0 Å². The van der Waals surface area contributed by atoms with E-state index in [1.807, 2.05) is 0 Å². The predicted molar refractivity (Wildman–Crippen MR) is 107 cm³/mol. The quantitative estimate of drug-likeness (QED) is 0.167. The zero-order chi connectivity index (χ0) is 23.6. The SMILES string of the molecule is COCCOCCOCCOCc1cn([C@H]2C[C@H](O)[C@@H](COP(=O)(O)O)O2)c(=O)[nH]c1=O. The predicted octanol–water partition coefficient (Wildman–Crippen LogP) is -1.51. The number of phosphoric ester groups is 1. The van der Waals surface area contributed by atoms with E-state index in [0.29, 0.717) is 26.4 Å². The minimum Gasteiger partial charge on any atom is -0.390 e. The van der Waals surface area contributed by atoms with Gasteiger partial charge >= 0.3 is 13.5 Å². The van der Waals surface area contributed by atoms with Crippen molar-refractivity contribution in [2.45, 2.75) is 31.5 Å². The summed E-state index contributed by atoms with van der Waals surface area (Å²) >= 11 is 0. The number of aromatic amines is 1. The molecule has 2 rings (SSSR count). The number of H-pyrrole nitrogens is 1. The highest BCUT2D eigenvalue weighted by Gasteiger charge is 2.37. The van der Waals surface area contributed by atoms with Crippen LogP contribution in [-0.2, 0) is 39.4 Å². The van der Waals surface area contributed by atoms with E-state index in [1.54, 1.807) is 7.11 Å². The molecule has 3 atom stereocenters. The lowest BCUT2D eigenvalue weighted by atomic mass is 10.2. The number of nitrogens with one attached hydrogen (secondary N) is 1. The molecule has 1 aliphatic rings. The van der Waals surface area contributed by atoms with Gasteiger partial charge in [-0.3, -0.25) is 18.9 Å². The molecule has 32 heavy (non-hydrogen) atoms. The average molecular weight is 484 g/mol. The first-order chi connectivity index (χ1) is 15.2. The van der Waals surface area contributed by atoms with Gasteiger partial charge < -0.3 is 38.6 Å². The van der Waals surface area contributed by atoms with E-state index in [1.165, 1.54) is 6.20 Å². The van der Waals surface area contributed by atoms with Gasteiger partial charge in [0, 0.05) is 19.7 Å². The molecule has 0 bridgehead atoms. The highest BCUT2D eigenvalue weighted by molar-refractivity contribution is 7.46. The first kappa shape index (κ1) is 26.8. The van der Waals surface area contributed by atoms with Crippen molar-refractivity contribution in [3.8, 4) is 0 Å². The smallest absolute Gasteiger partial charge is 0.390 e. The minimum absolute atomic E-state index is 0.0400. The van der Waals surface area contributed by atoms with E-state index in [2.05, 4.69) is 9.51 Å². The summed E-state index contributed by atoms with van der Waals surface area (Å²) in [5, 5.41) is 10.0. The standard InChI is InChI=1S/C17H29N2O12P/c1-26-2-3-27-4-5-28-6-7-29-10-12-9-19(17(22)18-16(12)21)15-8-13(20)14(31-15)11-30-32(23,24)25/h9,13-15,20H,2-8,10-11H2,1H3,(H,18,21,22)(H2,23,24,25)/t13-,14+,15+/m0/s1. The molecule has 2 heterocycles. The maximum atomic E-state index is 12.2. The Morgan fingerprint density at radius 2 is 1.75 bits per heavy atom. The van der Waals surface area contributed by atoms with E-state index >= 15 is 0 Å². The Morgan fingerprint density at radius 3 is 2.38 bits per heavy atom. The zero-order valence-electron chi connectivity index (χ0n) is 17.6. The highest BCUT2D eigenvalue weighted by Crippen LogP contribution is 2.38. The third-order valence-electron chi connectivity index (χ3n) is 4.40. The Bertz CT molecular complexity index is 853. The van der Waals surface area contributed by atoms with Gasteiger partial charge in [-0.25, -0.2) is 9.36 Å². The molecule has 1 fully saturated rings. The molecule has 4 N–H and O–H groups in total. The molecule has 0 spiro atoms. The van der Waals surface area contributed by atoms with Gasteiger partial charge in [0.25, 0.3) is 5.56 Å². The van der Waals surface area contributed by atoms with E-state index in [-0.39, 0.29) is 31.8 Å². The van der Waals surface area contributed by atoms with Crippen LogP contribution >= 0.6 is 7.82 Å². The number of rotatable bonds is 15. The Balaban J connectivity index is 1.82. The molecule has 0 aromatic carbocycles. The second kappa shape index (κ2) is 13.3. The molecule has 1 aromatic heterocycles. The van der Waals surface area contributed by atoms with Crippen LogP contribution in [0, 0.1) is 0 Å². The molecule has 1 saturated heterocycles. The van der Waals surface area contributed by atoms with Crippen LogP contribution < -0.4 is 11.2 Å². The number of methoxy groups -OCH3 is 1. The van der Waals surface area contributed by atoms with Crippen LogP contribution in [-0.4, -0.2) is 90.0 Å². The van der Waals surface area contributed by atoms with Crippen LogP contribution in [0.2, 0.25) is 0 Å². The van der Waals surface area contributed by atoms with Crippen LogP contribution in [0.5, 0.6) is 0 Å². The molecule has 15 heteroatoms. The first-order valence-electron chi connectivity index (χ1n) is 9.81. The molecule has 0 amide bonds. The van der Waals surface area contributed by atoms with E-state index in [4.69, 9.17) is 33.5 Å². The van der Waals surface area contributed by atoms with Gasteiger partial charge in [-0.15, -0.1) is 0 Å². The number of hydrogen-bond donors (Lipinski definition) is 4. The fraction of sp³-hybridized carbons (Fsp3) is 0.765. The second-order valence-electron chi connectivity index (χ2n) is 6.81. The van der Waals surface area contributed by atoms with E-state index < -0.39 is 44.1 Å². The molecule has 1 aromatic rings. The molecule has 184 valence electrons. The van der Waals surface area contributed by atoms with Gasteiger partial charge in [0.1, 0.15) is 12.3 Å². The molecule has 0 saturated carbocycles. The maximum absolute atomic E-state index is 12.2. The highest BCUT2D eigenvalue weighted by atomic mass is 31.2. The third kappa shape index (κ3) is 9.19. The van der Waals surface area contributed by atoms with Crippen LogP contribution in [0.25, 0.3) is 0 Å². The van der Waals surface area contributed by atoms with Gasteiger partial charge in [-0.05, 0) is 0 Å². The molecule has 14 nitrogen and oxygen atoms in total. The average Bonchev–Trinajstić information content (AvgIpc) is 3.09. The number of aromatic nitrogens is 2. The van der Waals surface area contributed by atoms with Gasteiger partial charge in [0.15, 0.2) is 0 Å². The molecular formula is C17H29N2O12P. The van der Waals surface area contributed by atoms with Crippen molar-refractivity contribution >= 4 is 7.82 Å². The number of nitrogens with zero attached hydrogens (tertiary/aromatic N) is 1. The molecule has 1 aliphatic heterocycles. The van der Waals surface area contributed by atoms with Crippen molar-refractivity contribution in [3.63, 3.8) is 0 Å². The number of aliphatic hydroxyl groups excluding tert-OH is 1. The number of aliphatic hydroxyl groups is 1. The van der Waals surface area contributed by atoms with Gasteiger partial charge in [-0.2, -0.15) is 0 Å². The fourth-order valence-electron chi connectivity index (χ4n) is 2.81. The fourth-order valence-corrected chi connectivity index (χ4v) is 3.16. The topological polar surface area (TPSA) is 188 Å². The summed E-state index contributed by atoms with van der Waals surface area (Å²) in [4.78, 5) is 43.9. The molecule has 0 radical (unpaired) electrons. The van der Waals surface area contributed by atoms with Crippen molar-refractivity contribution in [2.75, 3.05) is 53.4 Å². The Labute approximate surface area is 183 Å². The Kier molecular flexibility index (Phi) is 11.1. The zero-order valence-corrected chi connectivity index (χ0v) is 18.5. The van der Waals surface area contributed by atoms with E-state index in [9.17, 15) is 19.3 Å². The summed E-state index contributed by atoms with van der Waals surface area (Å²) in [7, 11) is -3.15. The van der Waals surface area contributed by atoms with Crippen molar-refractivity contribution in [1.82, 2.24) is 9.55 Å².